The molecule has 0 bridgehead atoms. The molecular formula is C19H19ClFNO2. The molecule has 3 rings (SSSR count). The number of halogens is 2. The normalized spacial score (nSPS) is 16.9. The summed E-state index contributed by atoms with van der Waals surface area (Å²) in [6.07, 6.45) is 0.923. The average Bonchev–Trinajstić information content (AvgIpc) is 2.63. The van der Waals surface area contributed by atoms with Crippen molar-refractivity contribution in [3.05, 3.63) is 70.5 Å². The van der Waals surface area contributed by atoms with Crippen LogP contribution in [0.25, 0.3) is 0 Å². The van der Waals surface area contributed by atoms with Crippen molar-refractivity contribution >= 4 is 17.5 Å². The largest absolute Gasteiger partial charge is 0.388 e. The Morgan fingerprint density at radius 1 is 1.17 bits per heavy atom. The zero-order chi connectivity index (χ0) is 17.1. The number of likely N-dealkylation sites (tertiary alicyclic amines) is 1. The summed E-state index contributed by atoms with van der Waals surface area (Å²) in [6, 6.07) is 13.7. The quantitative estimate of drug-likeness (QED) is 0.909. The smallest absolute Gasteiger partial charge is 0.253 e. The third kappa shape index (κ3) is 3.60. The van der Waals surface area contributed by atoms with Gasteiger partial charge in [0.2, 0.25) is 0 Å². The summed E-state index contributed by atoms with van der Waals surface area (Å²) in [4.78, 5) is 14.2. The minimum atomic E-state index is -0.586. The summed E-state index contributed by atoms with van der Waals surface area (Å²) >= 11 is 5.66. The Bertz CT molecular complexity index is 715. The van der Waals surface area contributed by atoms with Crippen LogP contribution in [0.3, 0.4) is 0 Å². The molecule has 1 unspecified atom stereocenters. The number of rotatable bonds is 3. The first-order valence-electron chi connectivity index (χ1n) is 8.03. The van der Waals surface area contributed by atoms with E-state index in [0.717, 1.165) is 18.4 Å². The Balaban J connectivity index is 1.62. The van der Waals surface area contributed by atoms with E-state index in [0.29, 0.717) is 18.7 Å². The number of amides is 1. The summed E-state index contributed by atoms with van der Waals surface area (Å²) in [5, 5.41) is 10.5. The number of nitrogens with zero attached hydrogens (tertiary/aromatic N) is 1. The highest BCUT2D eigenvalue weighted by molar-refractivity contribution is 6.30. The van der Waals surface area contributed by atoms with Gasteiger partial charge in [-0.1, -0.05) is 41.9 Å². The predicted octanol–water partition coefficient (Wildman–Crippen LogP) is 4.06. The number of hydrogen-bond acceptors (Lipinski definition) is 2. The molecule has 1 heterocycles. The van der Waals surface area contributed by atoms with Crippen molar-refractivity contribution in [1.82, 2.24) is 4.90 Å². The van der Waals surface area contributed by atoms with Gasteiger partial charge in [-0.05, 0) is 42.5 Å². The molecule has 5 heteroatoms. The molecule has 1 atom stereocenters. The zero-order valence-corrected chi connectivity index (χ0v) is 13.9. The Hall–Kier alpha value is -1.91. The summed E-state index contributed by atoms with van der Waals surface area (Å²) in [5.41, 5.74) is 1.21. The lowest BCUT2D eigenvalue weighted by atomic mass is 9.87. The minimum Gasteiger partial charge on any atom is -0.388 e. The first-order chi connectivity index (χ1) is 11.6. The molecule has 1 fully saturated rings. The molecule has 2 aromatic carbocycles. The van der Waals surface area contributed by atoms with Crippen molar-refractivity contribution in [2.45, 2.75) is 18.9 Å². The molecule has 1 saturated heterocycles. The number of aliphatic hydroxyl groups is 1. The van der Waals surface area contributed by atoms with Crippen molar-refractivity contribution in [2.75, 3.05) is 13.1 Å². The highest BCUT2D eigenvalue weighted by Crippen LogP contribution is 2.31. The van der Waals surface area contributed by atoms with Crippen molar-refractivity contribution < 1.29 is 14.3 Å². The van der Waals surface area contributed by atoms with Crippen LogP contribution in [0.15, 0.2) is 48.5 Å². The van der Waals surface area contributed by atoms with Gasteiger partial charge in [0, 0.05) is 18.7 Å². The van der Waals surface area contributed by atoms with Gasteiger partial charge in [0.05, 0.1) is 11.1 Å². The minimum absolute atomic E-state index is 0.0104. The third-order valence-electron chi connectivity index (χ3n) is 4.58. The molecular weight excluding hydrogens is 329 g/mol. The molecule has 24 heavy (non-hydrogen) atoms. The fourth-order valence-electron chi connectivity index (χ4n) is 3.15. The fourth-order valence-corrected chi connectivity index (χ4v) is 3.27. The average molecular weight is 348 g/mol. The van der Waals surface area contributed by atoms with E-state index in [9.17, 15) is 14.3 Å². The molecule has 0 spiro atoms. The molecule has 0 radical (unpaired) electrons. The van der Waals surface area contributed by atoms with Gasteiger partial charge < -0.3 is 10.0 Å². The van der Waals surface area contributed by atoms with Crippen LogP contribution in [0.5, 0.6) is 0 Å². The first kappa shape index (κ1) is 16.9. The maximum Gasteiger partial charge on any atom is 0.253 e. The Kier molecular flexibility index (Phi) is 5.17. The van der Waals surface area contributed by atoms with Crippen LogP contribution in [-0.2, 0) is 0 Å². The van der Waals surface area contributed by atoms with Gasteiger partial charge in [0.25, 0.3) is 5.91 Å². The van der Waals surface area contributed by atoms with Crippen LogP contribution < -0.4 is 0 Å². The topological polar surface area (TPSA) is 40.5 Å². The van der Waals surface area contributed by atoms with Crippen LogP contribution in [0, 0.1) is 11.7 Å². The molecule has 1 aliphatic rings. The molecule has 0 aromatic heterocycles. The SMILES string of the molecule is O=C(c1ccc(Cl)c(F)c1)N1CCC(C(O)c2ccccc2)CC1. The summed E-state index contributed by atoms with van der Waals surface area (Å²) in [5.74, 6) is -0.659. The summed E-state index contributed by atoms with van der Waals surface area (Å²) in [6.45, 7) is 1.11. The molecule has 1 aliphatic heterocycles. The standard InChI is InChI=1S/C19H19ClFNO2/c20-16-7-6-15(12-17(16)21)19(24)22-10-8-14(9-11-22)18(23)13-4-2-1-3-5-13/h1-7,12,14,18,23H,8-11H2. The van der Waals surface area contributed by atoms with Crippen LogP contribution in [0.1, 0.15) is 34.9 Å². The van der Waals surface area contributed by atoms with E-state index in [1.165, 1.54) is 12.1 Å². The Labute approximate surface area is 145 Å². The number of hydrogen-bond donors (Lipinski definition) is 1. The van der Waals surface area contributed by atoms with E-state index in [4.69, 9.17) is 11.6 Å². The van der Waals surface area contributed by atoms with Crippen molar-refractivity contribution in [3.8, 4) is 0 Å². The van der Waals surface area contributed by atoms with Gasteiger partial charge in [0.1, 0.15) is 5.82 Å². The first-order valence-corrected chi connectivity index (χ1v) is 8.41. The lowest BCUT2D eigenvalue weighted by Crippen LogP contribution is -2.39. The van der Waals surface area contributed by atoms with E-state index in [2.05, 4.69) is 0 Å². The van der Waals surface area contributed by atoms with Crippen LogP contribution >= 0.6 is 11.6 Å². The lowest BCUT2D eigenvalue weighted by Gasteiger charge is -2.34. The molecule has 0 aliphatic carbocycles. The van der Waals surface area contributed by atoms with E-state index >= 15 is 0 Å². The highest BCUT2D eigenvalue weighted by atomic mass is 35.5. The maximum absolute atomic E-state index is 13.5. The second-order valence-electron chi connectivity index (χ2n) is 6.11. The lowest BCUT2D eigenvalue weighted by molar-refractivity contribution is 0.0462. The summed E-state index contributed by atoms with van der Waals surface area (Å²) < 4.78 is 13.5. The van der Waals surface area contributed by atoms with Gasteiger partial charge in [-0.3, -0.25) is 4.79 Å². The van der Waals surface area contributed by atoms with Crippen LogP contribution in [0.4, 0.5) is 4.39 Å². The predicted molar refractivity (Wildman–Crippen MR) is 91.4 cm³/mol. The van der Waals surface area contributed by atoms with Crippen LogP contribution in [0.2, 0.25) is 5.02 Å². The van der Waals surface area contributed by atoms with Crippen LogP contribution in [-0.4, -0.2) is 29.0 Å². The van der Waals surface area contributed by atoms with Gasteiger partial charge >= 0.3 is 0 Å². The van der Waals surface area contributed by atoms with E-state index in [1.54, 1.807) is 11.0 Å². The molecule has 2 aromatic rings. The fraction of sp³-hybridized carbons (Fsp3) is 0.316. The number of aliphatic hydroxyl groups excluding tert-OH is 1. The molecule has 126 valence electrons. The summed E-state index contributed by atoms with van der Waals surface area (Å²) in [7, 11) is 0. The third-order valence-corrected chi connectivity index (χ3v) is 4.89. The van der Waals surface area contributed by atoms with Crippen molar-refractivity contribution in [3.63, 3.8) is 0 Å². The van der Waals surface area contributed by atoms with Crippen molar-refractivity contribution in [1.29, 1.82) is 0 Å². The molecule has 1 N–H and O–H groups in total. The van der Waals surface area contributed by atoms with Gasteiger partial charge in [-0.2, -0.15) is 0 Å². The zero-order valence-electron chi connectivity index (χ0n) is 13.2. The number of carbonyl (C=O) groups is 1. The molecule has 1 amide bonds. The Morgan fingerprint density at radius 3 is 2.46 bits per heavy atom. The second-order valence-corrected chi connectivity index (χ2v) is 6.52. The van der Waals surface area contributed by atoms with E-state index in [-0.39, 0.29) is 16.8 Å². The van der Waals surface area contributed by atoms with E-state index in [1.807, 2.05) is 30.3 Å². The van der Waals surface area contributed by atoms with E-state index < -0.39 is 11.9 Å². The second kappa shape index (κ2) is 7.32. The monoisotopic (exact) mass is 347 g/mol. The maximum atomic E-state index is 13.5. The van der Waals surface area contributed by atoms with Gasteiger partial charge in [-0.15, -0.1) is 0 Å². The molecule has 3 nitrogen and oxygen atoms in total. The Morgan fingerprint density at radius 2 is 1.83 bits per heavy atom. The number of carbonyl (C=O) groups excluding carboxylic acids is 1. The highest BCUT2D eigenvalue weighted by Gasteiger charge is 2.28. The number of benzene rings is 2. The molecule has 0 saturated carbocycles. The van der Waals surface area contributed by atoms with Gasteiger partial charge in [0.15, 0.2) is 0 Å². The van der Waals surface area contributed by atoms with Gasteiger partial charge in [-0.25, -0.2) is 4.39 Å². The number of piperidine rings is 1. The van der Waals surface area contributed by atoms with Crippen molar-refractivity contribution in [2.24, 2.45) is 5.92 Å².